The highest BCUT2D eigenvalue weighted by molar-refractivity contribution is 6.30. The van der Waals surface area contributed by atoms with Crippen LogP contribution in [0.1, 0.15) is 12.0 Å². The Morgan fingerprint density at radius 3 is 3.00 bits per heavy atom. The maximum atomic E-state index is 5.92. The van der Waals surface area contributed by atoms with Gasteiger partial charge in [-0.1, -0.05) is 23.7 Å². The SMILES string of the molecule is N[C@@H]1CCN(Cc2cccc(Cl)c2)C1. The van der Waals surface area contributed by atoms with Gasteiger partial charge in [-0.15, -0.1) is 0 Å². The monoisotopic (exact) mass is 210 g/mol. The van der Waals surface area contributed by atoms with Gasteiger partial charge in [-0.25, -0.2) is 0 Å². The summed E-state index contributed by atoms with van der Waals surface area (Å²) in [5.74, 6) is 0. The van der Waals surface area contributed by atoms with Crippen molar-refractivity contribution in [2.24, 2.45) is 5.73 Å². The summed E-state index contributed by atoms with van der Waals surface area (Å²) >= 11 is 5.92. The summed E-state index contributed by atoms with van der Waals surface area (Å²) in [5.41, 5.74) is 7.11. The molecular formula is C11H15ClN2. The predicted molar refractivity (Wildman–Crippen MR) is 59.3 cm³/mol. The maximum Gasteiger partial charge on any atom is 0.0409 e. The van der Waals surface area contributed by atoms with Crippen molar-refractivity contribution in [2.75, 3.05) is 13.1 Å². The lowest BCUT2D eigenvalue weighted by Gasteiger charge is -2.14. The first kappa shape index (κ1) is 9.97. The van der Waals surface area contributed by atoms with Gasteiger partial charge in [0.1, 0.15) is 0 Å². The van der Waals surface area contributed by atoms with E-state index in [1.807, 2.05) is 18.2 Å². The van der Waals surface area contributed by atoms with Crippen molar-refractivity contribution in [3.8, 4) is 0 Å². The van der Waals surface area contributed by atoms with Crippen LogP contribution in [0.15, 0.2) is 24.3 Å². The van der Waals surface area contributed by atoms with Crippen LogP contribution in [0.25, 0.3) is 0 Å². The number of hydrogen-bond acceptors (Lipinski definition) is 2. The summed E-state index contributed by atoms with van der Waals surface area (Å²) < 4.78 is 0. The molecule has 1 aliphatic rings. The van der Waals surface area contributed by atoms with Gasteiger partial charge < -0.3 is 5.73 Å². The Hall–Kier alpha value is -0.570. The number of hydrogen-bond donors (Lipinski definition) is 1. The lowest BCUT2D eigenvalue weighted by atomic mass is 10.2. The Labute approximate surface area is 89.7 Å². The van der Waals surface area contributed by atoms with Crippen molar-refractivity contribution in [1.29, 1.82) is 0 Å². The van der Waals surface area contributed by atoms with E-state index >= 15 is 0 Å². The van der Waals surface area contributed by atoms with Gasteiger partial charge in [0.2, 0.25) is 0 Å². The van der Waals surface area contributed by atoms with E-state index in [1.165, 1.54) is 5.56 Å². The highest BCUT2D eigenvalue weighted by Crippen LogP contribution is 2.15. The quantitative estimate of drug-likeness (QED) is 0.808. The van der Waals surface area contributed by atoms with E-state index in [0.29, 0.717) is 6.04 Å². The van der Waals surface area contributed by atoms with Crippen LogP contribution in [0.2, 0.25) is 5.02 Å². The molecule has 2 rings (SSSR count). The summed E-state index contributed by atoms with van der Waals surface area (Å²) in [6.45, 7) is 3.08. The summed E-state index contributed by atoms with van der Waals surface area (Å²) in [7, 11) is 0. The van der Waals surface area contributed by atoms with Crippen LogP contribution in [-0.2, 0) is 6.54 Å². The molecule has 1 saturated heterocycles. The third-order valence-corrected chi connectivity index (χ3v) is 2.84. The minimum absolute atomic E-state index is 0.356. The molecule has 0 spiro atoms. The van der Waals surface area contributed by atoms with Crippen molar-refractivity contribution in [3.05, 3.63) is 34.9 Å². The van der Waals surface area contributed by atoms with E-state index < -0.39 is 0 Å². The zero-order valence-electron chi connectivity index (χ0n) is 8.12. The van der Waals surface area contributed by atoms with E-state index in [0.717, 1.165) is 31.1 Å². The summed E-state index contributed by atoms with van der Waals surface area (Å²) in [5, 5.41) is 0.811. The molecule has 0 bridgehead atoms. The molecule has 3 heteroatoms. The van der Waals surface area contributed by atoms with Crippen LogP contribution in [0.3, 0.4) is 0 Å². The van der Waals surface area contributed by atoms with Gasteiger partial charge in [0.05, 0.1) is 0 Å². The lowest BCUT2D eigenvalue weighted by Crippen LogP contribution is -2.26. The Balaban J connectivity index is 1.97. The smallest absolute Gasteiger partial charge is 0.0409 e. The van der Waals surface area contributed by atoms with Crippen LogP contribution in [0.4, 0.5) is 0 Å². The molecule has 0 amide bonds. The van der Waals surface area contributed by atoms with Gasteiger partial charge in [0.25, 0.3) is 0 Å². The first-order chi connectivity index (χ1) is 6.74. The molecule has 1 atom stereocenters. The normalized spacial score (nSPS) is 22.9. The third kappa shape index (κ3) is 2.47. The second-order valence-corrected chi connectivity index (χ2v) is 4.35. The fourth-order valence-corrected chi connectivity index (χ4v) is 2.11. The largest absolute Gasteiger partial charge is 0.326 e. The molecule has 1 aromatic carbocycles. The zero-order valence-corrected chi connectivity index (χ0v) is 8.87. The van der Waals surface area contributed by atoms with Crippen LogP contribution in [0, 0.1) is 0 Å². The maximum absolute atomic E-state index is 5.92. The molecule has 0 unspecified atom stereocenters. The molecule has 2 nitrogen and oxygen atoms in total. The number of halogens is 1. The Morgan fingerprint density at radius 2 is 2.36 bits per heavy atom. The molecular weight excluding hydrogens is 196 g/mol. The van der Waals surface area contributed by atoms with Crippen molar-refractivity contribution < 1.29 is 0 Å². The molecule has 0 saturated carbocycles. The fraction of sp³-hybridized carbons (Fsp3) is 0.455. The average Bonchev–Trinajstić information content (AvgIpc) is 2.51. The highest BCUT2D eigenvalue weighted by atomic mass is 35.5. The summed E-state index contributed by atoms with van der Waals surface area (Å²) in [6.07, 6.45) is 1.11. The summed E-state index contributed by atoms with van der Waals surface area (Å²) in [4.78, 5) is 2.37. The Morgan fingerprint density at radius 1 is 1.50 bits per heavy atom. The van der Waals surface area contributed by atoms with E-state index in [9.17, 15) is 0 Å². The van der Waals surface area contributed by atoms with Crippen molar-refractivity contribution in [3.63, 3.8) is 0 Å². The molecule has 0 aromatic heterocycles. The van der Waals surface area contributed by atoms with E-state index in [1.54, 1.807) is 0 Å². The van der Waals surface area contributed by atoms with Gasteiger partial charge in [0.15, 0.2) is 0 Å². The van der Waals surface area contributed by atoms with Crippen molar-refractivity contribution in [1.82, 2.24) is 4.90 Å². The van der Waals surface area contributed by atoms with E-state index in [2.05, 4.69) is 11.0 Å². The summed E-state index contributed by atoms with van der Waals surface area (Å²) in [6, 6.07) is 8.38. The van der Waals surface area contributed by atoms with Crippen LogP contribution in [-0.4, -0.2) is 24.0 Å². The van der Waals surface area contributed by atoms with Crippen LogP contribution >= 0.6 is 11.6 Å². The Bertz CT molecular complexity index is 314. The average molecular weight is 211 g/mol. The number of rotatable bonds is 2. The first-order valence-electron chi connectivity index (χ1n) is 4.96. The van der Waals surface area contributed by atoms with Gasteiger partial charge in [-0.2, -0.15) is 0 Å². The van der Waals surface area contributed by atoms with Crippen molar-refractivity contribution in [2.45, 2.75) is 19.0 Å². The topological polar surface area (TPSA) is 29.3 Å². The standard InChI is InChI=1S/C11H15ClN2/c12-10-3-1-2-9(6-10)7-14-5-4-11(13)8-14/h1-3,6,11H,4-5,7-8,13H2/t11-/m1/s1. The van der Waals surface area contributed by atoms with Gasteiger partial charge in [0, 0.05) is 30.7 Å². The predicted octanol–water partition coefficient (Wildman–Crippen LogP) is 1.87. The van der Waals surface area contributed by atoms with Crippen molar-refractivity contribution >= 4 is 11.6 Å². The van der Waals surface area contributed by atoms with Crippen LogP contribution < -0.4 is 5.73 Å². The molecule has 1 aromatic rings. The van der Waals surface area contributed by atoms with E-state index in [-0.39, 0.29) is 0 Å². The molecule has 0 radical (unpaired) electrons. The molecule has 14 heavy (non-hydrogen) atoms. The van der Waals surface area contributed by atoms with Gasteiger partial charge in [-0.05, 0) is 24.1 Å². The van der Waals surface area contributed by atoms with E-state index in [4.69, 9.17) is 17.3 Å². The fourth-order valence-electron chi connectivity index (χ4n) is 1.90. The number of nitrogens with zero attached hydrogens (tertiary/aromatic N) is 1. The number of benzene rings is 1. The number of nitrogens with two attached hydrogens (primary N) is 1. The second kappa shape index (κ2) is 4.30. The Kier molecular flexibility index (Phi) is 3.06. The molecule has 76 valence electrons. The third-order valence-electron chi connectivity index (χ3n) is 2.60. The van der Waals surface area contributed by atoms with Gasteiger partial charge >= 0.3 is 0 Å². The van der Waals surface area contributed by atoms with Gasteiger partial charge in [-0.3, -0.25) is 4.90 Å². The van der Waals surface area contributed by atoms with Crippen LogP contribution in [0.5, 0.6) is 0 Å². The molecule has 1 aliphatic heterocycles. The molecule has 1 heterocycles. The number of likely N-dealkylation sites (tertiary alicyclic amines) is 1. The highest BCUT2D eigenvalue weighted by Gasteiger charge is 2.18. The first-order valence-corrected chi connectivity index (χ1v) is 5.34. The molecule has 1 fully saturated rings. The second-order valence-electron chi connectivity index (χ2n) is 3.91. The minimum atomic E-state index is 0.356. The molecule has 0 aliphatic carbocycles. The lowest BCUT2D eigenvalue weighted by molar-refractivity contribution is 0.327. The zero-order chi connectivity index (χ0) is 9.97. The molecule has 2 N–H and O–H groups in total. The minimum Gasteiger partial charge on any atom is -0.326 e.